The molecule has 2 aromatic rings. The van der Waals surface area contributed by atoms with Gasteiger partial charge in [-0.25, -0.2) is 0 Å². The number of anilines is 2. The zero-order valence-electron chi connectivity index (χ0n) is 17.1. The van der Waals surface area contributed by atoms with Crippen molar-refractivity contribution in [1.29, 1.82) is 0 Å². The molecule has 0 N–H and O–H groups in total. The Hall–Kier alpha value is -3.02. The topological polar surface area (TPSA) is 53.1 Å². The molecule has 2 aromatic carbocycles. The Bertz CT molecular complexity index is 919. The highest BCUT2D eigenvalue weighted by Gasteiger charge is 2.30. The summed E-state index contributed by atoms with van der Waals surface area (Å²) in [5.74, 6) is 1.02. The van der Waals surface area contributed by atoms with Gasteiger partial charge in [-0.2, -0.15) is 0 Å². The van der Waals surface area contributed by atoms with Gasteiger partial charge in [-0.1, -0.05) is 19.1 Å². The first kappa shape index (κ1) is 19.3. The van der Waals surface area contributed by atoms with Crippen LogP contribution in [0.1, 0.15) is 29.3 Å². The number of hydrogen-bond donors (Lipinski definition) is 0. The van der Waals surface area contributed by atoms with Crippen LogP contribution in [-0.2, 0) is 11.2 Å². The van der Waals surface area contributed by atoms with Crippen LogP contribution in [0.4, 0.5) is 11.4 Å². The van der Waals surface area contributed by atoms with E-state index >= 15 is 0 Å². The second-order valence-corrected chi connectivity index (χ2v) is 7.43. The van der Waals surface area contributed by atoms with Gasteiger partial charge in [-0.05, 0) is 36.2 Å². The molecule has 29 heavy (non-hydrogen) atoms. The smallest absolute Gasteiger partial charge is 0.254 e. The Balaban J connectivity index is 1.47. The maximum absolute atomic E-state index is 13.2. The van der Waals surface area contributed by atoms with Gasteiger partial charge in [0, 0.05) is 62.1 Å². The highest BCUT2D eigenvalue weighted by atomic mass is 16.5. The number of nitrogens with zero attached hydrogens (tertiary/aromatic N) is 3. The minimum absolute atomic E-state index is 0.0675. The lowest BCUT2D eigenvalue weighted by molar-refractivity contribution is -0.118. The SMILES string of the molecule is CCC(=O)N1CCc2c(C(=O)N3CCN(c4cccc(OC)c4)CC3)cccc21. The zero-order chi connectivity index (χ0) is 20.4. The minimum Gasteiger partial charge on any atom is -0.497 e. The van der Waals surface area contributed by atoms with Crippen molar-refractivity contribution in [1.82, 2.24) is 4.90 Å². The maximum atomic E-state index is 13.2. The molecule has 6 heteroatoms. The fraction of sp³-hybridized carbons (Fsp3) is 0.391. The second-order valence-electron chi connectivity index (χ2n) is 7.43. The highest BCUT2D eigenvalue weighted by molar-refractivity contribution is 6.01. The van der Waals surface area contributed by atoms with E-state index in [2.05, 4.69) is 11.0 Å². The van der Waals surface area contributed by atoms with Crippen LogP contribution < -0.4 is 14.5 Å². The highest BCUT2D eigenvalue weighted by Crippen LogP contribution is 2.32. The third kappa shape index (κ3) is 3.67. The maximum Gasteiger partial charge on any atom is 0.254 e. The summed E-state index contributed by atoms with van der Waals surface area (Å²) < 4.78 is 5.32. The molecule has 2 aliphatic rings. The van der Waals surface area contributed by atoms with Gasteiger partial charge in [0.2, 0.25) is 5.91 Å². The van der Waals surface area contributed by atoms with E-state index in [9.17, 15) is 9.59 Å². The molecule has 4 rings (SSSR count). The molecule has 0 bridgehead atoms. The molecule has 0 unspecified atom stereocenters. The van der Waals surface area contributed by atoms with Crippen molar-refractivity contribution in [3.05, 3.63) is 53.6 Å². The number of carbonyl (C=O) groups excluding carboxylic acids is 2. The molecule has 0 spiro atoms. The number of benzene rings is 2. The van der Waals surface area contributed by atoms with Crippen LogP contribution in [0.3, 0.4) is 0 Å². The summed E-state index contributed by atoms with van der Waals surface area (Å²) in [7, 11) is 1.67. The molecule has 1 fully saturated rings. The molecule has 152 valence electrons. The van der Waals surface area contributed by atoms with Gasteiger partial charge in [-0.15, -0.1) is 0 Å². The Kier molecular flexibility index (Phi) is 5.43. The van der Waals surface area contributed by atoms with Crippen LogP contribution >= 0.6 is 0 Å². The first-order valence-electron chi connectivity index (χ1n) is 10.2. The van der Waals surface area contributed by atoms with E-state index in [1.54, 1.807) is 7.11 Å². The lowest BCUT2D eigenvalue weighted by Crippen LogP contribution is -2.49. The molecule has 0 atom stereocenters. The summed E-state index contributed by atoms with van der Waals surface area (Å²) in [6.45, 7) is 5.46. The number of methoxy groups -OCH3 is 1. The third-order valence-corrected chi connectivity index (χ3v) is 5.85. The first-order chi connectivity index (χ1) is 14.1. The monoisotopic (exact) mass is 393 g/mol. The quantitative estimate of drug-likeness (QED) is 0.802. The molecule has 2 amide bonds. The van der Waals surface area contributed by atoms with Crippen LogP contribution in [-0.4, -0.2) is 56.5 Å². The van der Waals surface area contributed by atoms with E-state index in [4.69, 9.17) is 4.74 Å². The van der Waals surface area contributed by atoms with Gasteiger partial charge in [0.25, 0.3) is 5.91 Å². The van der Waals surface area contributed by atoms with Crippen molar-refractivity contribution in [2.24, 2.45) is 0 Å². The van der Waals surface area contributed by atoms with E-state index in [1.807, 2.05) is 53.1 Å². The fourth-order valence-electron chi connectivity index (χ4n) is 4.23. The Morgan fingerprint density at radius 1 is 1.00 bits per heavy atom. The van der Waals surface area contributed by atoms with Crippen molar-refractivity contribution in [3.63, 3.8) is 0 Å². The number of carbonyl (C=O) groups is 2. The lowest BCUT2D eigenvalue weighted by atomic mass is 10.0. The Morgan fingerprint density at radius 3 is 2.48 bits per heavy atom. The second kappa shape index (κ2) is 8.15. The number of amides is 2. The molecule has 0 aliphatic carbocycles. The molecule has 1 saturated heterocycles. The van der Waals surface area contributed by atoms with Gasteiger partial charge < -0.3 is 19.4 Å². The summed E-state index contributed by atoms with van der Waals surface area (Å²) >= 11 is 0. The van der Waals surface area contributed by atoms with E-state index in [1.165, 1.54) is 0 Å². The van der Waals surface area contributed by atoms with Crippen molar-refractivity contribution in [3.8, 4) is 5.75 Å². The van der Waals surface area contributed by atoms with Crippen LogP contribution in [0.25, 0.3) is 0 Å². The van der Waals surface area contributed by atoms with Crippen molar-refractivity contribution in [2.45, 2.75) is 19.8 Å². The predicted molar refractivity (Wildman–Crippen MR) is 114 cm³/mol. The van der Waals surface area contributed by atoms with E-state index in [-0.39, 0.29) is 11.8 Å². The molecular formula is C23H27N3O3. The summed E-state index contributed by atoms with van der Waals surface area (Å²) in [5, 5.41) is 0. The first-order valence-corrected chi connectivity index (χ1v) is 10.2. The number of piperazine rings is 1. The Labute approximate surface area is 171 Å². The average molecular weight is 393 g/mol. The Morgan fingerprint density at radius 2 is 1.76 bits per heavy atom. The third-order valence-electron chi connectivity index (χ3n) is 5.85. The van der Waals surface area contributed by atoms with Gasteiger partial charge in [0.1, 0.15) is 5.75 Å². The van der Waals surface area contributed by atoms with Crippen molar-refractivity contribution >= 4 is 23.2 Å². The van der Waals surface area contributed by atoms with Crippen LogP contribution in [0.15, 0.2) is 42.5 Å². The van der Waals surface area contributed by atoms with Crippen molar-refractivity contribution < 1.29 is 14.3 Å². The molecule has 0 saturated carbocycles. The summed E-state index contributed by atoms with van der Waals surface area (Å²) in [6, 6.07) is 13.8. The van der Waals surface area contributed by atoms with Gasteiger partial charge in [0.15, 0.2) is 0 Å². The number of hydrogen-bond acceptors (Lipinski definition) is 4. The van der Waals surface area contributed by atoms with E-state index < -0.39 is 0 Å². The van der Waals surface area contributed by atoms with Gasteiger partial charge >= 0.3 is 0 Å². The molecule has 6 nitrogen and oxygen atoms in total. The summed E-state index contributed by atoms with van der Waals surface area (Å²) in [5.41, 5.74) is 3.77. The average Bonchev–Trinajstić information content (AvgIpc) is 3.22. The molecule has 2 aliphatic heterocycles. The van der Waals surface area contributed by atoms with Crippen LogP contribution in [0, 0.1) is 0 Å². The van der Waals surface area contributed by atoms with Gasteiger partial charge in [0.05, 0.1) is 7.11 Å². The van der Waals surface area contributed by atoms with Gasteiger partial charge in [-0.3, -0.25) is 9.59 Å². The number of rotatable bonds is 4. The van der Waals surface area contributed by atoms with Crippen molar-refractivity contribution in [2.75, 3.05) is 49.6 Å². The van der Waals surface area contributed by atoms with Crippen LogP contribution in [0.2, 0.25) is 0 Å². The normalized spacial score (nSPS) is 16.0. The molecule has 0 radical (unpaired) electrons. The summed E-state index contributed by atoms with van der Waals surface area (Å²) in [6.07, 6.45) is 1.22. The van der Waals surface area contributed by atoms with Crippen LogP contribution in [0.5, 0.6) is 5.75 Å². The molecule has 2 heterocycles. The molecular weight excluding hydrogens is 366 g/mol. The summed E-state index contributed by atoms with van der Waals surface area (Å²) in [4.78, 5) is 31.4. The fourth-order valence-corrected chi connectivity index (χ4v) is 4.23. The number of fused-ring (bicyclic) bond motifs is 1. The lowest BCUT2D eigenvalue weighted by Gasteiger charge is -2.36. The minimum atomic E-state index is 0.0675. The van der Waals surface area contributed by atoms with E-state index in [0.29, 0.717) is 26.1 Å². The zero-order valence-corrected chi connectivity index (χ0v) is 17.1. The van der Waals surface area contributed by atoms with E-state index in [0.717, 1.165) is 47.8 Å². The number of ether oxygens (including phenoxy) is 1. The standard InChI is InChI=1S/C23H27N3O3/c1-3-22(27)26-11-10-19-20(8-5-9-21(19)26)23(28)25-14-12-24(13-15-25)17-6-4-7-18(16-17)29-2/h4-9,16H,3,10-15H2,1-2H3. The molecule has 0 aromatic heterocycles. The largest absolute Gasteiger partial charge is 0.497 e. The predicted octanol–water partition coefficient (Wildman–Crippen LogP) is 2.96.